The number of likely N-dealkylation sites (N-methyl/N-ethyl adjacent to an activating group) is 1. The van der Waals surface area contributed by atoms with Crippen LogP contribution in [0.25, 0.3) is 0 Å². The lowest BCUT2D eigenvalue weighted by atomic mass is 10.0. The molecule has 3 heteroatoms. The Labute approximate surface area is 115 Å². The van der Waals surface area contributed by atoms with Gasteiger partial charge < -0.3 is 10.6 Å². The molecule has 0 unspecified atom stereocenters. The normalized spacial score (nSPS) is 17.4. The first-order valence-electron chi connectivity index (χ1n) is 7.24. The van der Waals surface area contributed by atoms with Gasteiger partial charge in [0.05, 0.1) is 6.04 Å². The predicted octanol–water partition coefficient (Wildman–Crippen LogP) is 2.35. The van der Waals surface area contributed by atoms with Gasteiger partial charge in [0.25, 0.3) is 0 Å². The summed E-state index contributed by atoms with van der Waals surface area (Å²) in [4.78, 5) is 14.1. The van der Waals surface area contributed by atoms with E-state index in [-0.39, 0.29) is 11.9 Å². The number of carbonyl (C=O) groups excluding carboxylic acids is 1. The van der Waals surface area contributed by atoms with E-state index in [1.165, 1.54) is 18.4 Å². The molecule has 0 aromatic heterocycles. The van der Waals surface area contributed by atoms with Crippen LogP contribution in [0.15, 0.2) is 30.3 Å². The van der Waals surface area contributed by atoms with Crippen molar-refractivity contribution in [3.8, 4) is 0 Å². The molecule has 0 spiro atoms. The molecule has 0 heterocycles. The Morgan fingerprint density at radius 1 is 1.32 bits per heavy atom. The molecule has 19 heavy (non-hydrogen) atoms. The van der Waals surface area contributed by atoms with Gasteiger partial charge in [-0.05, 0) is 31.2 Å². The van der Waals surface area contributed by atoms with E-state index in [0.717, 1.165) is 25.7 Å². The average Bonchev–Trinajstić information content (AvgIpc) is 2.98. The highest BCUT2D eigenvalue weighted by atomic mass is 16.2. The maximum absolute atomic E-state index is 12.3. The summed E-state index contributed by atoms with van der Waals surface area (Å²) in [5, 5.41) is 0. The molecule has 0 radical (unpaired) electrons. The van der Waals surface area contributed by atoms with Gasteiger partial charge in [0.2, 0.25) is 5.91 Å². The van der Waals surface area contributed by atoms with Gasteiger partial charge >= 0.3 is 0 Å². The number of benzene rings is 1. The molecule has 1 saturated carbocycles. The molecule has 1 aliphatic carbocycles. The van der Waals surface area contributed by atoms with Gasteiger partial charge in [0.15, 0.2) is 0 Å². The first kappa shape index (κ1) is 14.1. The zero-order chi connectivity index (χ0) is 13.7. The molecule has 1 amide bonds. The fraction of sp³-hybridized carbons (Fsp3) is 0.562. The number of amides is 1. The van der Waals surface area contributed by atoms with Gasteiger partial charge in [-0.15, -0.1) is 0 Å². The zero-order valence-corrected chi connectivity index (χ0v) is 11.7. The molecule has 1 fully saturated rings. The third-order valence-electron chi connectivity index (χ3n) is 4.12. The SMILES string of the molecule is CN(C(=O)[C@@H](N)CCc1ccccc1)C1CCCC1. The van der Waals surface area contributed by atoms with Gasteiger partial charge in [-0.25, -0.2) is 0 Å². The first-order chi connectivity index (χ1) is 9.18. The minimum atomic E-state index is -0.370. The number of rotatable bonds is 5. The molecule has 1 atom stereocenters. The molecule has 1 aliphatic rings. The van der Waals surface area contributed by atoms with Crippen LogP contribution in [0.5, 0.6) is 0 Å². The van der Waals surface area contributed by atoms with Crippen LogP contribution < -0.4 is 5.73 Å². The number of nitrogens with two attached hydrogens (primary N) is 1. The van der Waals surface area contributed by atoms with E-state index in [4.69, 9.17) is 5.73 Å². The van der Waals surface area contributed by atoms with Crippen molar-refractivity contribution in [1.29, 1.82) is 0 Å². The van der Waals surface area contributed by atoms with Gasteiger partial charge in [-0.3, -0.25) is 4.79 Å². The molecule has 104 valence electrons. The van der Waals surface area contributed by atoms with Crippen LogP contribution in [0, 0.1) is 0 Å². The molecule has 1 aromatic rings. The smallest absolute Gasteiger partial charge is 0.239 e. The maximum Gasteiger partial charge on any atom is 0.239 e. The Balaban J connectivity index is 1.81. The third kappa shape index (κ3) is 3.80. The summed E-state index contributed by atoms with van der Waals surface area (Å²) in [6, 6.07) is 10.2. The number of hydrogen-bond acceptors (Lipinski definition) is 2. The van der Waals surface area contributed by atoms with Crippen LogP contribution in [-0.4, -0.2) is 29.9 Å². The molecule has 0 bridgehead atoms. The summed E-state index contributed by atoms with van der Waals surface area (Å²) in [6.45, 7) is 0. The van der Waals surface area contributed by atoms with Crippen molar-refractivity contribution < 1.29 is 4.79 Å². The number of aryl methyl sites for hydroxylation is 1. The lowest BCUT2D eigenvalue weighted by Gasteiger charge is -2.27. The molecule has 0 aliphatic heterocycles. The Bertz CT molecular complexity index is 398. The van der Waals surface area contributed by atoms with E-state index in [9.17, 15) is 4.79 Å². The zero-order valence-electron chi connectivity index (χ0n) is 11.7. The standard InChI is InChI=1S/C16H24N2O/c1-18(14-9-5-6-10-14)16(19)15(17)12-11-13-7-3-2-4-8-13/h2-4,7-8,14-15H,5-6,9-12,17H2,1H3/t15-/m0/s1. The van der Waals surface area contributed by atoms with E-state index < -0.39 is 0 Å². The predicted molar refractivity (Wildman–Crippen MR) is 77.8 cm³/mol. The molecular weight excluding hydrogens is 236 g/mol. The Hall–Kier alpha value is -1.35. The van der Waals surface area contributed by atoms with Crippen molar-refractivity contribution >= 4 is 5.91 Å². The summed E-state index contributed by atoms with van der Waals surface area (Å²) < 4.78 is 0. The molecule has 2 N–H and O–H groups in total. The van der Waals surface area contributed by atoms with Gasteiger partial charge in [-0.2, -0.15) is 0 Å². The summed E-state index contributed by atoms with van der Waals surface area (Å²) >= 11 is 0. The highest BCUT2D eigenvalue weighted by Crippen LogP contribution is 2.23. The molecular formula is C16H24N2O. The van der Waals surface area contributed by atoms with Crippen LogP contribution >= 0.6 is 0 Å². The molecule has 1 aromatic carbocycles. The summed E-state index contributed by atoms with van der Waals surface area (Å²) in [5.74, 6) is 0.0998. The second-order valence-electron chi connectivity index (χ2n) is 5.52. The fourth-order valence-corrected chi connectivity index (χ4v) is 2.82. The highest BCUT2D eigenvalue weighted by Gasteiger charge is 2.26. The Morgan fingerprint density at radius 3 is 2.58 bits per heavy atom. The summed E-state index contributed by atoms with van der Waals surface area (Å²) in [7, 11) is 1.90. The Kier molecular flexibility index (Phi) is 4.97. The van der Waals surface area contributed by atoms with Crippen LogP contribution in [0.1, 0.15) is 37.7 Å². The van der Waals surface area contributed by atoms with E-state index in [2.05, 4.69) is 12.1 Å². The second kappa shape index (κ2) is 6.71. The van der Waals surface area contributed by atoms with Crippen molar-refractivity contribution in [3.63, 3.8) is 0 Å². The molecule has 2 rings (SSSR count). The minimum Gasteiger partial charge on any atom is -0.341 e. The van der Waals surface area contributed by atoms with Gasteiger partial charge in [-0.1, -0.05) is 43.2 Å². The topological polar surface area (TPSA) is 46.3 Å². The molecule has 3 nitrogen and oxygen atoms in total. The largest absolute Gasteiger partial charge is 0.341 e. The van der Waals surface area contributed by atoms with Crippen molar-refractivity contribution in [2.24, 2.45) is 5.73 Å². The van der Waals surface area contributed by atoms with Crippen LogP contribution in [0.4, 0.5) is 0 Å². The van der Waals surface area contributed by atoms with Crippen molar-refractivity contribution in [2.45, 2.75) is 50.6 Å². The Morgan fingerprint density at radius 2 is 1.95 bits per heavy atom. The fourth-order valence-electron chi connectivity index (χ4n) is 2.82. The number of nitrogens with zero attached hydrogens (tertiary/aromatic N) is 1. The summed E-state index contributed by atoms with van der Waals surface area (Å²) in [5.41, 5.74) is 7.29. The minimum absolute atomic E-state index is 0.0998. The number of hydrogen-bond donors (Lipinski definition) is 1. The second-order valence-corrected chi connectivity index (χ2v) is 5.52. The van der Waals surface area contributed by atoms with E-state index in [0.29, 0.717) is 6.04 Å². The molecule has 0 saturated heterocycles. The third-order valence-corrected chi connectivity index (χ3v) is 4.12. The quantitative estimate of drug-likeness (QED) is 0.883. The number of carbonyl (C=O) groups is 1. The first-order valence-corrected chi connectivity index (χ1v) is 7.24. The monoisotopic (exact) mass is 260 g/mol. The lowest BCUT2D eigenvalue weighted by Crippen LogP contribution is -2.45. The maximum atomic E-state index is 12.3. The van der Waals surface area contributed by atoms with Crippen molar-refractivity contribution in [3.05, 3.63) is 35.9 Å². The van der Waals surface area contributed by atoms with Crippen LogP contribution in [-0.2, 0) is 11.2 Å². The van der Waals surface area contributed by atoms with Gasteiger partial charge in [0, 0.05) is 13.1 Å². The van der Waals surface area contributed by atoms with Crippen LogP contribution in [0.3, 0.4) is 0 Å². The van der Waals surface area contributed by atoms with Crippen LogP contribution in [0.2, 0.25) is 0 Å². The summed E-state index contributed by atoms with van der Waals surface area (Å²) in [6.07, 6.45) is 6.33. The highest BCUT2D eigenvalue weighted by molar-refractivity contribution is 5.81. The average molecular weight is 260 g/mol. The van der Waals surface area contributed by atoms with Crippen molar-refractivity contribution in [2.75, 3.05) is 7.05 Å². The van der Waals surface area contributed by atoms with Crippen molar-refractivity contribution in [1.82, 2.24) is 4.90 Å². The van der Waals surface area contributed by atoms with E-state index in [1.54, 1.807) is 0 Å². The lowest BCUT2D eigenvalue weighted by molar-refractivity contribution is -0.133. The van der Waals surface area contributed by atoms with Gasteiger partial charge in [0.1, 0.15) is 0 Å². The van der Waals surface area contributed by atoms with E-state index in [1.807, 2.05) is 30.1 Å². The van der Waals surface area contributed by atoms with E-state index >= 15 is 0 Å².